The van der Waals surface area contributed by atoms with Gasteiger partial charge in [0.25, 0.3) is 0 Å². The van der Waals surface area contributed by atoms with Crippen molar-refractivity contribution in [2.24, 2.45) is 0 Å². The van der Waals surface area contributed by atoms with Gasteiger partial charge in [0.05, 0.1) is 6.61 Å². The molecular formula is C14H15NO2. The first-order valence-electron chi connectivity index (χ1n) is 5.67. The van der Waals surface area contributed by atoms with Crippen molar-refractivity contribution >= 4 is 5.97 Å². The van der Waals surface area contributed by atoms with E-state index in [4.69, 9.17) is 4.74 Å². The van der Waals surface area contributed by atoms with Crippen molar-refractivity contribution in [2.75, 3.05) is 6.61 Å². The van der Waals surface area contributed by atoms with E-state index in [0.29, 0.717) is 6.61 Å². The normalized spacial score (nSPS) is 12.1. The number of aromatic nitrogens is 1. The molecule has 88 valence electrons. The van der Waals surface area contributed by atoms with Crippen LogP contribution >= 0.6 is 0 Å². The van der Waals surface area contributed by atoms with Crippen LogP contribution in [0.3, 0.4) is 0 Å². The summed E-state index contributed by atoms with van der Waals surface area (Å²) in [5, 5.41) is 0. The van der Waals surface area contributed by atoms with Crippen molar-refractivity contribution in [1.29, 1.82) is 0 Å². The zero-order chi connectivity index (χ0) is 12.1. The summed E-state index contributed by atoms with van der Waals surface area (Å²) in [5.74, 6) is -0.227. The van der Waals surface area contributed by atoms with Crippen LogP contribution in [-0.4, -0.2) is 17.1 Å². The van der Waals surface area contributed by atoms with Gasteiger partial charge in [-0.05, 0) is 24.6 Å². The molecule has 0 spiro atoms. The zero-order valence-electron chi connectivity index (χ0n) is 9.74. The summed E-state index contributed by atoms with van der Waals surface area (Å²) in [4.78, 5) is 12.0. The smallest absolute Gasteiger partial charge is 0.333 e. The minimum atomic E-state index is -0.397. The van der Waals surface area contributed by atoms with Crippen LogP contribution in [-0.2, 0) is 9.53 Å². The fourth-order valence-electron chi connectivity index (χ4n) is 1.81. The van der Waals surface area contributed by atoms with Crippen molar-refractivity contribution < 1.29 is 9.53 Å². The third-order valence-corrected chi connectivity index (χ3v) is 2.55. The van der Waals surface area contributed by atoms with Crippen molar-refractivity contribution in [3.63, 3.8) is 0 Å². The molecule has 1 aromatic carbocycles. The molecule has 0 fully saturated rings. The van der Waals surface area contributed by atoms with Gasteiger partial charge in [0, 0.05) is 12.4 Å². The fraction of sp³-hybridized carbons (Fsp3) is 0.214. The van der Waals surface area contributed by atoms with Gasteiger partial charge in [0.1, 0.15) is 0 Å². The Morgan fingerprint density at radius 3 is 2.41 bits per heavy atom. The average Bonchev–Trinajstić information content (AvgIpc) is 2.85. The summed E-state index contributed by atoms with van der Waals surface area (Å²) in [7, 11) is 0. The predicted molar refractivity (Wildman–Crippen MR) is 65.6 cm³/mol. The molecule has 0 radical (unpaired) electrons. The molecule has 0 unspecified atom stereocenters. The van der Waals surface area contributed by atoms with Gasteiger partial charge in [-0.1, -0.05) is 30.3 Å². The summed E-state index contributed by atoms with van der Waals surface area (Å²) in [6, 6.07) is 13.0. The molecule has 0 N–H and O–H groups in total. The van der Waals surface area contributed by atoms with E-state index in [0.717, 1.165) is 5.56 Å². The van der Waals surface area contributed by atoms with Crippen molar-refractivity contribution in [3.05, 3.63) is 60.4 Å². The molecular weight excluding hydrogens is 214 g/mol. The topological polar surface area (TPSA) is 31.2 Å². The second kappa shape index (κ2) is 5.34. The van der Waals surface area contributed by atoms with Gasteiger partial charge in [0.2, 0.25) is 0 Å². The number of esters is 1. The van der Waals surface area contributed by atoms with E-state index in [1.54, 1.807) is 0 Å². The minimum Gasteiger partial charge on any atom is -0.464 e. The third-order valence-electron chi connectivity index (χ3n) is 2.55. The molecule has 3 heteroatoms. The van der Waals surface area contributed by atoms with Crippen molar-refractivity contribution in [1.82, 2.24) is 4.57 Å². The molecule has 1 aromatic heterocycles. The molecule has 2 aromatic rings. The number of nitrogens with zero attached hydrogens (tertiary/aromatic N) is 1. The van der Waals surface area contributed by atoms with Gasteiger partial charge in [-0.2, -0.15) is 0 Å². The second-order valence-corrected chi connectivity index (χ2v) is 3.70. The molecule has 0 bridgehead atoms. The van der Waals surface area contributed by atoms with Gasteiger partial charge >= 0.3 is 5.97 Å². The van der Waals surface area contributed by atoms with Gasteiger partial charge < -0.3 is 9.30 Å². The zero-order valence-corrected chi connectivity index (χ0v) is 9.74. The van der Waals surface area contributed by atoms with E-state index in [2.05, 4.69) is 0 Å². The summed E-state index contributed by atoms with van der Waals surface area (Å²) >= 11 is 0. The molecule has 0 saturated carbocycles. The maximum Gasteiger partial charge on any atom is 0.333 e. The molecule has 3 nitrogen and oxygen atoms in total. The van der Waals surface area contributed by atoms with Gasteiger partial charge in [-0.15, -0.1) is 0 Å². The summed E-state index contributed by atoms with van der Waals surface area (Å²) in [5.41, 5.74) is 0.933. The maximum atomic E-state index is 12.0. The lowest BCUT2D eigenvalue weighted by Crippen LogP contribution is -2.22. The SMILES string of the molecule is CCOC(=O)[C@H](c1ccccc1)n1cccc1. The van der Waals surface area contributed by atoms with Crippen LogP contribution in [0.1, 0.15) is 18.5 Å². The number of carbonyl (C=O) groups is 1. The number of ether oxygens (including phenoxy) is 1. The quantitative estimate of drug-likeness (QED) is 0.755. The van der Waals surface area contributed by atoms with Crippen molar-refractivity contribution in [3.8, 4) is 0 Å². The maximum absolute atomic E-state index is 12.0. The lowest BCUT2D eigenvalue weighted by atomic mass is 10.1. The molecule has 0 aliphatic carbocycles. The first-order valence-corrected chi connectivity index (χ1v) is 5.67. The number of hydrogen-bond acceptors (Lipinski definition) is 2. The van der Waals surface area contributed by atoms with Crippen LogP contribution in [0.15, 0.2) is 54.9 Å². The Morgan fingerprint density at radius 1 is 1.18 bits per heavy atom. The first kappa shape index (κ1) is 11.5. The van der Waals surface area contributed by atoms with Gasteiger partial charge in [-0.3, -0.25) is 0 Å². The first-order chi connectivity index (χ1) is 8.33. The summed E-state index contributed by atoms with van der Waals surface area (Å²) in [6.45, 7) is 2.21. The molecule has 0 saturated heterocycles. The number of hydrogen-bond donors (Lipinski definition) is 0. The molecule has 2 rings (SSSR count). The lowest BCUT2D eigenvalue weighted by Gasteiger charge is -2.17. The minimum absolute atomic E-state index is 0.227. The van der Waals surface area contributed by atoms with Crippen LogP contribution < -0.4 is 0 Å². The summed E-state index contributed by atoms with van der Waals surface area (Å²) in [6.07, 6.45) is 3.74. The van der Waals surface area contributed by atoms with Gasteiger partial charge in [-0.25, -0.2) is 4.79 Å². The molecule has 0 amide bonds. The summed E-state index contributed by atoms with van der Waals surface area (Å²) < 4.78 is 6.98. The Kier molecular flexibility index (Phi) is 3.60. The second-order valence-electron chi connectivity index (χ2n) is 3.70. The van der Waals surface area contributed by atoms with Gasteiger partial charge in [0.15, 0.2) is 6.04 Å². The monoisotopic (exact) mass is 229 g/mol. The Labute approximate surface area is 101 Å². The highest BCUT2D eigenvalue weighted by molar-refractivity contribution is 5.78. The van der Waals surface area contributed by atoms with E-state index in [1.165, 1.54) is 0 Å². The van der Waals surface area contributed by atoms with Crippen LogP contribution in [0.25, 0.3) is 0 Å². The van der Waals surface area contributed by atoms with Crippen LogP contribution in [0, 0.1) is 0 Å². The third kappa shape index (κ3) is 2.56. The van der Waals surface area contributed by atoms with Crippen LogP contribution in [0.5, 0.6) is 0 Å². The standard InChI is InChI=1S/C14H15NO2/c1-2-17-14(16)13(15-10-6-7-11-15)12-8-4-3-5-9-12/h3-11,13H,2H2,1H3/t13-/m0/s1. The largest absolute Gasteiger partial charge is 0.464 e. The van der Waals surface area contributed by atoms with E-state index in [9.17, 15) is 4.79 Å². The molecule has 1 heterocycles. The Morgan fingerprint density at radius 2 is 1.82 bits per heavy atom. The van der Waals surface area contributed by atoms with Crippen molar-refractivity contribution in [2.45, 2.75) is 13.0 Å². The average molecular weight is 229 g/mol. The number of benzene rings is 1. The highest BCUT2D eigenvalue weighted by Crippen LogP contribution is 2.19. The molecule has 1 atom stereocenters. The predicted octanol–water partition coefficient (Wildman–Crippen LogP) is 2.64. The van der Waals surface area contributed by atoms with E-state index in [-0.39, 0.29) is 5.97 Å². The number of rotatable bonds is 4. The Balaban J connectivity index is 2.35. The van der Waals surface area contributed by atoms with E-state index >= 15 is 0 Å². The van der Waals surface area contributed by atoms with Crippen LogP contribution in [0.4, 0.5) is 0 Å². The molecule has 0 aliphatic rings. The van der Waals surface area contributed by atoms with E-state index in [1.807, 2.05) is 66.3 Å². The highest BCUT2D eigenvalue weighted by atomic mass is 16.5. The van der Waals surface area contributed by atoms with E-state index < -0.39 is 6.04 Å². The highest BCUT2D eigenvalue weighted by Gasteiger charge is 2.22. The molecule has 17 heavy (non-hydrogen) atoms. The van der Waals surface area contributed by atoms with Crippen LogP contribution in [0.2, 0.25) is 0 Å². The number of carbonyl (C=O) groups excluding carboxylic acids is 1. The Hall–Kier alpha value is -2.03. The lowest BCUT2D eigenvalue weighted by molar-refractivity contribution is -0.145. The Bertz CT molecular complexity index is 462. The fourth-order valence-corrected chi connectivity index (χ4v) is 1.81. The molecule has 0 aliphatic heterocycles.